The number of nitrogens with zero attached hydrogens (tertiary/aromatic N) is 2. The summed E-state index contributed by atoms with van der Waals surface area (Å²) in [6, 6.07) is 17.3. The fraction of sp³-hybridized carbons (Fsp3) is 0. The van der Waals surface area contributed by atoms with Gasteiger partial charge in [0.1, 0.15) is 9.81 Å². The van der Waals surface area contributed by atoms with Crippen LogP contribution in [0.15, 0.2) is 111 Å². The van der Waals surface area contributed by atoms with Crippen molar-refractivity contribution in [2.24, 2.45) is 10.2 Å². The fourth-order valence-electron chi connectivity index (χ4n) is 5.12. The molecule has 21 heteroatoms. The number of benzene rings is 4. The highest BCUT2D eigenvalue weighted by molar-refractivity contribution is 9.11. The molecule has 2 amide bonds. The van der Waals surface area contributed by atoms with E-state index in [0.717, 1.165) is 21.1 Å². The number of nitrogens with one attached hydrogen (secondary N) is 4. The van der Waals surface area contributed by atoms with E-state index in [9.17, 15) is 40.3 Å². The maximum Gasteiger partial charge on any atom is 0.323 e. The van der Waals surface area contributed by atoms with Crippen molar-refractivity contribution in [1.82, 2.24) is 0 Å². The molecule has 6 N–H and O–H groups in total. The fourth-order valence-corrected chi connectivity index (χ4v) is 8.71. The third kappa shape index (κ3) is 8.62. The lowest BCUT2D eigenvalue weighted by Gasteiger charge is -2.18. The lowest BCUT2D eigenvalue weighted by Crippen LogP contribution is -2.27. The van der Waals surface area contributed by atoms with Crippen LogP contribution in [-0.4, -0.2) is 55.0 Å². The van der Waals surface area contributed by atoms with Gasteiger partial charge in [-0.25, -0.2) is 4.79 Å². The summed E-state index contributed by atoms with van der Waals surface area (Å²) in [6.07, 6.45) is 2.08. The van der Waals surface area contributed by atoms with Gasteiger partial charge in [0.05, 0.1) is 11.4 Å². The molecule has 0 spiro atoms. The Morgan fingerprint density at radius 2 is 0.963 bits per heavy atom. The summed E-state index contributed by atoms with van der Waals surface area (Å²) in [5.74, 6) is -1.63. The number of allylic oxidation sites excluding steroid dienone is 2. The van der Waals surface area contributed by atoms with Gasteiger partial charge in [-0.2, -0.15) is 27.0 Å². The number of ketones is 2. The van der Waals surface area contributed by atoms with E-state index in [1.807, 2.05) is 0 Å². The molecule has 4 aromatic rings. The molecule has 2 aliphatic rings. The van der Waals surface area contributed by atoms with Crippen LogP contribution in [0.3, 0.4) is 0 Å². The highest BCUT2D eigenvalue weighted by atomic mass is 79.9. The van der Waals surface area contributed by atoms with Crippen LogP contribution in [0.5, 0.6) is 0 Å². The highest BCUT2D eigenvalue weighted by Gasteiger charge is 2.34. The second kappa shape index (κ2) is 15.4. The number of hydrogen-bond acceptors (Lipinski definition) is 11. The van der Waals surface area contributed by atoms with Crippen molar-refractivity contribution in [2.75, 3.05) is 21.5 Å². The van der Waals surface area contributed by atoms with Crippen molar-refractivity contribution in [2.45, 2.75) is 0 Å². The summed E-state index contributed by atoms with van der Waals surface area (Å²) in [7, 11) is -9.88. The molecule has 276 valence electrons. The van der Waals surface area contributed by atoms with Crippen molar-refractivity contribution in [3.05, 3.63) is 123 Å². The van der Waals surface area contributed by atoms with E-state index in [1.54, 1.807) is 36.4 Å². The second-order valence-electron chi connectivity index (χ2n) is 11.2. The topological polar surface area (TPSA) is 233 Å². The predicted octanol–water partition coefficient (Wildman–Crippen LogP) is 8.17. The summed E-state index contributed by atoms with van der Waals surface area (Å²) >= 11 is 13.3. The van der Waals surface area contributed by atoms with E-state index in [4.69, 9.17) is 0 Å². The lowest BCUT2D eigenvalue weighted by molar-refractivity contribution is 0.105. The molecule has 0 bridgehead atoms. The van der Waals surface area contributed by atoms with Crippen LogP contribution in [0.2, 0.25) is 0 Å². The number of anilines is 4. The summed E-state index contributed by atoms with van der Waals surface area (Å²) in [6.45, 7) is 0. The molecule has 4 aromatic carbocycles. The van der Waals surface area contributed by atoms with Gasteiger partial charge >= 0.3 is 6.03 Å². The number of carbonyl (C=O) groups excluding carboxylic acids is 3. The third-order valence-electron chi connectivity index (χ3n) is 7.57. The van der Waals surface area contributed by atoms with Crippen LogP contribution < -0.4 is 21.5 Å². The molecule has 2 aliphatic carbocycles. The van der Waals surface area contributed by atoms with Gasteiger partial charge in [0.15, 0.2) is 11.4 Å². The molecule has 0 unspecified atom stereocenters. The SMILES string of the molecule is O=C(Nc1ccc2c(c1)C=C(S(=O)(=O)O)C(=NNc1ccc(Br)cc1Br)C2=O)Nc1ccc2c(c1)C=C(S(=O)(=O)O)C(=NNc1ccc(Br)cc1Br)C2=O. The molecule has 54 heavy (non-hydrogen) atoms. The number of carbonyl (C=O) groups is 3. The van der Waals surface area contributed by atoms with Crippen molar-refractivity contribution in [3.63, 3.8) is 0 Å². The zero-order valence-corrected chi connectivity index (χ0v) is 34.5. The summed E-state index contributed by atoms with van der Waals surface area (Å²) in [4.78, 5) is 38.2. The minimum absolute atomic E-state index is 0.0344. The van der Waals surface area contributed by atoms with Gasteiger partial charge in [-0.1, -0.05) is 31.9 Å². The quantitative estimate of drug-likeness (QED) is 0.0728. The summed E-state index contributed by atoms with van der Waals surface area (Å²) < 4.78 is 71.8. The van der Waals surface area contributed by atoms with Gasteiger partial charge < -0.3 is 10.6 Å². The maximum atomic E-state index is 13.4. The first-order valence-corrected chi connectivity index (χ1v) is 20.9. The van der Waals surface area contributed by atoms with Crippen molar-refractivity contribution < 1.29 is 40.3 Å². The summed E-state index contributed by atoms with van der Waals surface area (Å²) in [5, 5.41) is 13.0. The molecule has 0 aliphatic heterocycles. The Bertz CT molecular complexity index is 2500. The Labute approximate surface area is 340 Å². The number of hydrazone groups is 2. The van der Waals surface area contributed by atoms with Crippen LogP contribution in [0, 0.1) is 0 Å². The number of hydrogen-bond donors (Lipinski definition) is 6. The first-order chi connectivity index (χ1) is 25.4. The largest absolute Gasteiger partial charge is 0.323 e. The van der Waals surface area contributed by atoms with Crippen LogP contribution in [-0.2, 0) is 20.2 Å². The number of halogens is 4. The molecular formula is C33H20Br4N6O9S2. The minimum Gasteiger partial charge on any atom is -0.308 e. The van der Waals surface area contributed by atoms with E-state index >= 15 is 0 Å². The number of fused-ring (bicyclic) bond motifs is 2. The Morgan fingerprint density at radius 1 is 0.574 bits per heavy atom. The van der Waals surface area contributed by atoms with Gasteiger partial charge in [0.2, 0.25) is 11.6 Å². The molecule has 15 nitrogen and oxygen atoms in total. The first kappa shape index (κ1) is 39.3. The number of rotatable bonds is 8. The molecule has 0 saturated carbocycles. The van der Waals surface area contributed by atoms with Gasteiger partial charge in [0.25, 0.3) is 20.2 Å². The average molecular weight is 1030 g/mol. The van der Waals surface area contributed by atoms with Crippen molar-refractivity contribution >= 4 is 148 Å². The summed E-state index contributed by atoms with van der Waals surface area (Å²) in [5.41, 5.74) is 5.35. The molecule has 6 rings (SSSR count). The van der Waals surface area contributed by atoms with E-state index in [0.29, 0.717) is 20.3 Å². The Hall–Kier alpha value is -4.35. The molecule has 0 saturated heterocycles. The van der Waals surface area contributed by atoms with E-state index < -0.39 is 59.1 Å². The van der Waals surface area contributed by atoms with Crippen LogP contribution in [0.4, 0.5) is 27.5 Å². The molecule has 0 fully saturated rings. The van der Waals surface area contributed by atoms with Gasteiger partial charge in [0, 0.05) is 40.4 Å². The average Bonchev–Trinajstić information content (AvgIpc) is 3.07. The molecular weight excluding hydrogens is 1010 g/mol. The van der Waals surface area contributed by atoms with Gasteiger partial charge in [-0.05, 0) is 128 Å². The smallest absolute Gasteiger partial charge is 0.308 e. The monoisotopic (exact) mass is 1020 g/mol. The van der Waals surface area contributed by atoms with Crippen molar-refractivity contribution in [3.8, 4) is 0 Å². The second-order valence-corrected chi connectivity index (χ2v) is 17.5. The zero-order chi connectivity index (χ0) is 39.1. The Balaban J connectivity index is 1.22. The maximum absolute atomic E-state index is 13.4. The van der Waals surface area contributed by atoms with Crippen LogP contribution in [0.1, 0.15) is 31.8 Å². The third-order valence-corrected chi connectivity index (χ3v) is 11.6. The zero-order valence-electron chi connectivity index (χ0n) is 26.6. The normalized spacial score (nSPS) is 15.6. The standard InChI is InChI=1S/C33H20Br4N6O9S2/c34-17-1-7-25(23(36)13-17)40-42-29-27(53(47,48)49)11-15-9-19(3-5-21(15)31(29)44)38-33(46)39-20-4-6-22-16(10-20)12-28(54(50,51)52)30(32(22)45)43-41-26-8-2-18(35)14-24(26)37/h1-14,40-41H,(H2,38,39,46)(H,47,48,49)(H,50,51,52). The van der Waals surface area contributed by atoms with Gasteiger partial charge in [-0.15, -0.1) is 0 Å². The number of amides is 2. The van der Waals surface area contributed by atoms with Gasteiger partial charge in [-0.3, -0.25) is 29.5 Å². The highest BCUT2D eigenvalue weighted by Crippen LogP contribution is 2.32. The van der Waals surface area contributed by atoms with Crippen LogP contribution >= 0.6 is 63.7 Å². The van der Waals surface area contributed by atoms with E-state index in [-0.39, 0.29) is 33.6 Å². The lowest BCUT2D eigenvalue weighted by atomic mass is 9.94. The first-order valence-electron chi connectivity index (χ1n) is 14.8. The molecule has 0 atom stereocenters. The van der Waals surface area contributed by atoms with E-state index in [1.165, 1.54) is 36.4 Å². The number of urea groups is 1. The molecule has 0 heterocycles. The number of Topliss-reactive ketones (excluding diaryl/α,β-unsaturated/α-hetero) is 2. The molecule has 0 aromatic heterocycles. The van der Waals surface area contributed by atoms with Crippen molar-refractivity contribution in [1.29, 1.82) is 0 Å². The minimum atomic E-state index is -4.94. The predicted molar refractivity (Wildman–Crippen MR) is 219 cm³/mol. The van der Waals surface area contributed by atoms with Crippen LogP contribution in [0.25, 0.3) is 12.2 Å². The Morgan fingerprint density at radius 3 is 1.31 bits per heavy atom. The van der Waals surface area contributed by atoms with E-state index in [2.05, 4.69) is 95.4 Å². The molecule has 0 radical (unpaired) electrons. The Kier molecular flexibility index (Phi) is 11.2.